The normalized spacial score (nSPS) is 19.9. The summed E-state index contributed by atoms with van der Waals surface area (Å²) in [6.07, 6.45) is 3.68. The lowest BCUT2D eigenvalue weighted by Gasteiger charge is -2.34. The average molecular weight is 258 g/mol. The predicted octanol–water partition coefficient (Wildman–Crippen LogP) is 1.11. The molecule has 0 aromatic rings. The highest BCUT2D eigenvalue weighted by molar-refractivity contribution is 5.86. The van der Waals surface area contributed by atoms with Gasteiger partial charge in [-0.3, -0.25) is 0 Å². The van der Waals surface area contributed by atoms with Crippen LogP contribution in [0.3, 0.4) is 0 Å². The van der Waals surface area contributed by atoms with E-state index in [0.29, 0.717) is 19.4 Å². The van der Waals surface area contributed by atoms with Crippen molar-refractivity contribution in [1.82, 2.24) is 10.6 Å². The number of hydrogen-bond acceptors (Lipinski definition) is 3. The molecule has 6 nitrogen and oxygen atoms in total. The van der Waals surface area contributed by atoms with Gasteiger partial charge in [0.05, 0.1) is 12.6 Å². The van der Waals surface area contributed by atoms with Gasteiger partial charge in [-0.15, -0.1) is 0 Å². The van der Waals surface area contributed by atoms with Gasteiger partial charge in [0, 0.05) is 7.11 Å². The highest BCUT2D eigenvalue weighted by Gasteiger charge is 2.41. The number of ether oxygens (including phenoxy) is 1. The molecule has 0 aromatic carbocycles. The molecule has 0 aliphatic heterocycles. The third-order valence-corrected chi connectivity index (χ3v) is 3.26. The number of carboxylic acid groups (broad SMARTS) is 1. The first kappa shape index (κ1) is 14.8. The van der Waals surface area contributed by atoms with Crippen LogP contribution < -0.4 is 10.6 Å². The van der Waals surface area contributed by atoms with Crippen LogP contribution >= 0.6 is 0 Å². The van der Waals surface area contributed by atoms with Crippen molar-refractivity contribution in [2.24, 2.45) is 0 Å². The monoisotopic (exact) mass is 258 g/mol. The van der Waals surface area contributed by atoms with E-state index in [9.17, 15) is 14.7 Å². The molecule has 3 N–H and O–H groups in total. The first-order valence-electron chi connectivity index (χ1n) is 6.31. The van der Waals surface area contributed by atoms with Crippen molar-refractivity contribution in [2.75, 3.05) is 13.7 Å². The minimum absolute atomic E-state index is 0.149. The Hall–Kier alpha value is -1.30. The molecular formula is C12H22N2O4. The summed E-state index contributed by atoms with van der Waals surface area (Å²) in [4.78, 5) is 23.1. The summed E-state index contributed by atoms with van der Waals surface area (Å²) in [7, 11) is 1.55. The molecule has 104 valence electrons. The van der Waals surface area contributed by atoms with Crippen molar-refractivity contribution in [3.05, 3.63) is 0 Å². The summed E-state index contributed by atoms with van der Waals surface area (Å²) in [5.74, 6) is -0.947. The lowest BCUT2D eigenvalue weighted by atomic mass is 9.82. The molecular weight excluding hydrogens is 236 g/mol. The molecule has 1 aliphatic rings. The van der Waals surface area contributed by atoms with E-state index in [1.165, 1.54) is 0 Å². The zero-order valence-corrected chi connectivity index (χ0v) is 11.0. The van der Waals surface area contributed by atoms with Crippen LogP contribution in [0.2, 0.25) is 0 Å². The van der Waals surface area contributed by atoms with Gasteiger partial charge in [0.1, 0.15) is 5.54 Å². The zero-order chi connectivity index (χ0) is 13.6. The standard InChI is InChI=1S/C12H22N2O4/c1-9(8-18-2)13-11(17)14-12(10(15)16)6-4-3-5-7-12/h9H,3-8H2,1-2H3,(H,15,16)(H2,13,14,17). The molecule has 0 saturated heterocycles. The Morgan fingerprint density at radius 3 is 2.44 bits per heavy atom. The van der Waals surface area contributed by atoms with Gasteiger partial charge in [0.15, 0.2) is 0 Å². The SMILES string of the molecule is COCC(C)NC(=O)NC1(C(=O)O)CCCCC1. The molecule has 2 amide bonds. The molecule has 0 radical (unpaired) electrons. The highest BCUT2D eigenvalue weighted by Crippen LogP contribution is 2.28. The number of carboxylic acids is 1. The molecule has 1 aliphatic carbocycles. The third-order valence-electron chi connectivity index (χ3n) is 3.26. The number of urea groups is 1. The Labute approximate surface area is 107 Å². The number of aliphatic carboxylic acids is 1. The molecule has 0 heterocycles. The number of methoxy groups -OCH3 is 1. The maximum absolute atomic E-state index is 11.8. The fourth-order valence-electron chi connectivity index (χ4n) is 2.32. The maximum Gasteiger partial charge on any atom is 0.329 e. The number of rotatable bonds is 5. The lowest BCUT2D eigenvalue weighted by Crippen LogP contribution is -2.59. The Bertz CT molecular complexity index is 300. The molecule has 1 unspecified atom stereocenters. The minimum atomic E-state index is -1.10. The highest BCUT2D eigenvalue weighted by atomic mass is 16.5. The molecule has 1 rings (SSSR count). The van der Waals surface area contributed by atoms with Crippen LogP contribution in [-0.2, 0) is 9.53 Å². The van der Waals surface area contributed by atoms with Crippen LogP contribution in [0.4, 0.5) is 4.79 Å². The first-order chi connectivity index (χ1) is 8.50. The largest absolute Gasteiger partial charge is 0.480 e. The number of carbonyl (C=O) groups excluding carboxylic acids is 1. The van der Waals surface area contributed by atoms with Crippen LogP contribution in [0.5, 0.6) is 0 Å². The fourth-order valence-corrected chi connectivity index (χ4v) is 2.32. The molecule has 0 bridgehead atoms. The van der Waals surface area contributed by atoms with Crippen molar-refractivity contribution < 1.29 is 19.4 Å². The van der Waals surface area contributed by atoms with Gasteiger partial charge in [0.2, 0.25) is 0 Å². The second kappa shape index (κ2) is 6.58. The molecule has 0 spiro atoms. The van der Waals surface area contributed by atoms with Gasteiger partial charge in [-0.05, 0) is 19.8 Å². The van der Waals surface area contributed by atoms with E-state index in [4.69, 9.17) is 4.74 Å². The van der Waals surface area contributed by atoms with Crippen LogP contribution in [0, 0.1) is 0 Å². The summed E-state index contributed by atoms with van der Waals surface area (Å²) >= 11 is 0. The van der Waals surface area contributed by atoms with Crippen molar-refractivity contribution in [3.63, 3.8) is 0 Å². The number of amides is 2. The average Bonchev–Trinajstić information content (AvgIpc) is 2.29. The van der Waals surface area contributed by atoms with Gasteiger partial charge in [-0.1, -0.05) is 19.3 Å². The molecule has 1 atom stereocenters. The predicted molar refractivity (Wildman–Crippen MR) is 66.5 cm³/mol. The molecule has 0 aromatic heterocycles. The smallest absolute Gasteiger partial charge is 0.329 e. The maximum atomic E-state index is 11.8. The second-order valence-corrected chi connectivity index (χ2v) is 4.90. The van der Waals surface area contributed by atoms with E-state index in [0.717, 1.165) is 19.3 Å². The summed E-state index contributed by atoms with van der Waals surface area (Å²) in [6.45, 7) is 2.20. The quantitative estimate of drug-likeness (QED) is 0.689. The summed E-state index contributed by atoms with van der Waals surface area (Å²) in [6, 6.07) is -0.590. The van der Waals surface area contributed by atoms with E-state index in [1.54, 1.807) is 14.0 Å². The number of nitrogens with one attached hydrogen (secondary N) is 2. The summed E-state index contributed by atoms with van der Waals surface area (Å²) in [5.41, 5.74) is -1.10. The van der Waals surface area contributed by atoms with Gasteiger partial charge in [0.25, 0.3) is 0 Å². The van der Waals surface area contributed by atoms with Crippen molar-refractivity contribution in [2.45, 2.75) is 50.6 Å². The summed E-state index contributed by atoms with van der Waals surface area (Å²) in [5, 5.41) is 14.6. The van der Waals surface area contributed by atoms with Crippen LogP contribution in [0.15, 0.2) is 0 Å². The van der Waals surface area contributed by atoms with Crippen LogP contribution in [0.1, 0.15) is 39.0 Å². The Morgan fingerprint density at radius 2 is 1.94 bits per heavy atom. The van der Waals surface area contributed by atoms with Crippen molar-refractivity contribution >= 4 is 12.0 Å². The van der Waals surface area contributed by atoms with Gasteiger partial charge >= 0.3 is 12.0 Å². The Morgan fingerprint density at radius 1 is 1.33 bits per heavy atom. The van der Waals surface area contributed by atoms with Crippen molar-refractivity contribution in [3.8, 4) is 0 Å². The molecule has 6 heteroatoms. The molecule has 18 heavy (non-hydrogen) atoms. The van der Waals surface area contributed by atoms with E-state index < -0.39 is 17.5 Å². The molecule has 1 fully saturated rings. The third kappa shape index (κ3) is 3.87. The van der Waals surface area contributed by atoms with Gasteiger partial charge in [-0.25, -0.2) is 9.59 Å². The van der Waals surface area contributed by atoms with E-state index in [2.05, 4.69) is 10.6 Å². The van der Waals surface area contributed by atoms with E-state index in [1.807, 2.05) is 0 Å². The van der Waals surface area contributed by atoms with Crippen molar-refractivity contribution in [1.29, 1.82) is 0 Å². The Kier molecular flexibility index (Phi) is 5.40. The topological polar surface area (TPSA) is 87.7 Å². The minimum Gasteiger partial charge on any atom is -0.480 e. The van der Waals surface area contributed by atoms with Crippen LogP contribution in [-0.4, -0.2) is 42.4 Å². The Balaban J connectivity index is 2.55. The van der Waals surface area contributed by atoms with E-state index in [-0.39, 0.29) is 6.04 Å². The van der Waals surface area contributed by atoms with Gasteiger partial charge < -0.3 is 20.5 Å². The number of hydrogen-bond donors (Lipinski definition) is 3. The zero-order valence-electron chi connectivity index (χ0n) is 11.0. The van der Waals surface area contributed by atoms with E-state index >= 15 is 0 Å². The second-order valence-electron chi connectivity index (χ2n) is 4.90. The van der Waals surface area contributed by atoms with Crippen LogP contribution in [0.25, 0.3) is 0 Å². The lowest BCUT2D eigenvalue weighted by molar-refractivity contribution is -0.145. The fraction of sp³-hybridized carbons (Fsp3) is 0.833. The molecule has 1 saturated carbocycles. The summed E-state index contributed by atoms with van der Waals surface area (Å²) < 4.78 is 4.91. The van der Waals surface area contributed by atoms with Gasteiger partial charge in [-0.2, -0.15) is 0 Å². The number of carbonyl (C=O) groups is 2. The first-order valence-corrected chi connectivity index (χ1v) is 6.31.